The molecule has 0 radical (unpaired) electrons. The molecule has 1 amide bonds. The Hall–Kier alpha value is -2.50. The van der Waals surface area contributed by atoms with Crippen molar-refractivity contribution in [2.75, 3.05) is 11.1 Å². The number of hydrogen-bond donors (Lipinski definition) is 2. The number of nitrogens with two attached hydrogens (primary N) is 1. The zero-order chi connectivity index (χ0) is 14.9. The van der Waals surface area contributed by atoms with E-state index < -0.39 is 28.9 Å². The van der Waals surface area contributed by atoms with Crippen molar-refractivity contribution in [1.29, 1.82) is 0 Å². The van der Waals surface area contributed by atoms with Gasteiger partial charge >= 0.3 is 0 Å². The van der Waals surface area contributed by atoms with Crippen LogP contribution < -0.4 is 11.1 Å². The van der Waals surface area contributed by atoms with Crippen LogP contribution in [-0.2, 0) is 0 Å². The van der Waals surface area contributed by atoms with Gasteiger partial charge in [-0.15, -0.1) is 0 Å². The lowest BCUT2D eigenvalue weighted by Gasteiger charge is -2.09. The van der Waals surface area contributed by atoms with E-state index in [0.29, 0.717) is 5.56 Å². The first-order chi connectivity index (χ1) is 9.40. The van der Waals surface area contributed by atoms with Crippen molar-refractivity contribution in [2.24, 2.45) is 0 Å². The summed E-state index contributed by atoms with van der Waals surface area (Å²) in [5, 5.41) is 2.22. The fraction of sp³-hybridized carbons (Fsp3) is 0.0714. The second-order valence-corrected chi connectivity index (χ2v) is 4.24. The van der Waals surface area contributed by atoms with E-state index in [2.05, 4.69) is 5.32 Å². The van der Waals surface area contributed by atoms with Gasteiger partial charge in [-0.25, -0.2) is 13.2 Å². The van der Waals surface area contributed by atoms with Crippen LogP contribution in [-0.4, -0.2) is 5.91 Å². The SMILES string of the molecule is Cc1ccc(NC(=O)c2c(F)ccc(N)c2F)cc1F. The predicted octanol–water partition coefficient (Wildman–Crippen LogP) is 3.25. The van der Waals surface area contributed by atoms with Gasteiger partial charge in [0.1, 0.15) is 17.2 Å². The van der Waals surface area contributed by atoms with Crippen molar-refractivity contribution in [2.45, 2.75) is 6.92 Å². The number of hydrogen-bond acceptors (Lipinski definition) is 2. The van der Waals surface area contributed by atoms with Gasteiger partial charge in [0.25, 0.3) is 5.91 Å². The lowest BCUT2D eigenvalue weighted by atomic mass is 10.1. The van der Waals surface area contributed by atoms with Crippen LogP contribution in [0.2, 0.25) is 0 Å². The van der Waals surface area contributed by atoms with Crippen molar-refractivity contribution in [1.82, 2.24) is 0 Å². The van der Waals surface area contributed by atoms with Gasteiger partial charge in [0.05, 0.1) is 5.69 Å². The normalized spacial score (nSPS) is 10.4. The molecule has 0 saturated heterocycles. The number of nitrogens with one attached hydrogen (secondary N) is 1. The molecule has 0 saturated carbocycles. The summed E-state index contributed by atoms with van der Waals surface area (Å²) in [6, 6.07) is 5.85. The highest BCUT2D eigenvalue weighted by Crippen LogP contribution is 2.21. The van der Waals surface area contributed by atoms with Crippen molar-refractivity contribution >= 4 is 17.3 Å². The van der Waals surface area contributed by atoms with Crippen LogP contribution in [0.1, 0.15) is 15.9 Å². The minimum absolute atomic E-state index is 0.0966. The Morgan fingerprint density at radius 3 is 2.45 bits per heavy atom. The summed E-state index contributed by atoms with van der Waals surface area (Å²) in [6.45, 7) is 1.55. The third-order valence-electron chi connectivity index (χ3n) is 2.78. The summed E-state index contributed by atoms with van der Waals surface area (Å²) in [4.78, 5) is 11.8. The maximum Gasteiger partial charge on any atom is 0.261 e. The molecule has 3 nitrogen and oxygen atoms in total. The monoisotopic (exact) mass is 280 g/mol. The van der Waals surface area contributed by atoms with E-state index in [-0.39, 0.29) is 11.4 Å². The molecule has 2 aromatic rings. The molecule has 0 aliphatic rings. The van der Waals surface area contributed by atoms with Gasteiger partial charge in [-0.05, 0) is 36.8 Å². The van der Waals surface area contributed by atoms with Crippen LogP contribution in [0.4, 0.5) is 24.5 Å². The molecule has 0 aliphatic heterocycles. The van der Waals surface area contributed by atoms with Gasteiger partial charge in [0, 0.05) is 5.69 Å². The second kappa shape index (κ2) is 5.24. The van der Waals surface area contributed by atoms with Gasteiger partial charge in [-0.3, -0.25) is 4.79 Å². The average Bonchev–Trinajstić information content (AvgIpc) is 2.39. The molecule has 0 fully saturated rings. The largest absolute Gasteiger partial charge is 0.396 e. The number of rotatable bonds is 2. The fourth-order valence-corrected chi connectivity index (χ4v) is 1.64. The van der Waals surface area contributed by atoms with Crippen LogP contribution >= 0.6 is 0 Å². The van der Waals surface area contributed by atoms with Gasteiger partial charge < -0.3 is 11.1 Å². The summed E-state index contributed by atoms with van der Waals surface area (Å²) in [7, 11) is 0. The minimum Gasteiger partial charge on any atom is -0.396 e. The molecular weight excluding hydrogens is 269 g/mol. The van der Waals surface area contributed by atoms with E-state index in [9.17, 15) is 18.0 Å². The molecule has 0 spiro atoms. The molecule has 0 aromatic heterocycles. The highest BCUT2D eigenvalue weighted by atomic mass is 19.1. The summed E-state index contributed by atoms with van der Waals surface area (Å²) in [5.74, 6) is -3.75. The van der Waals surface area contributed by atoms with Crippen molar-refractivity contribution < 1.29 is 18.0 Å². The van der Waals surface area contributed by atoms with Gasteiger partial charge in [0.2, 0.25) is 0 Å². The highest BCUT2D eigenvalue weighted by Gasteiger charge is 2.19. The third-order valence-corrected chi connectivity index (χ3v) is 2.78. The molecule has 0 bridgehead atoms. The van der Waals surface area contributed by atoms with E-state index in [4.69, 9.17) is 5.73 Å². The van der Waals surface area contributed by atoms with Crippen LogP contribution in [0.15, 0.2) is 30.3 Å². The topological polar surface area (TPSA) is 55.1 Å². The molecule has 6 heteroatoms. The molecule has 2 aromatic carbocycles. The Balaban J connectivity index is 2.33. The van der Waals surface area contributed by atoms with Crippen molar-refractivity contribution in [3.05, 3.63) is 58.9 Å². The summed E-state index contributed by atoms with van der Waals surface area (Å²) in [5.41, 5.74) is 4.63. The quantitative estimate of drug-likeness (QED) is 0.830. The number of nitrogen functional groups attached to an aromatic ring is 1. The van der Waals surface area contributed by atoms with Gasteiger partial charge in [-0.2, -0.15) is 0 Å². The van der Waals surface area contributed by atoms with Crippen molar-refractivity contribution in [3.63, 3.8) is 0 Å². The fourth-order valence-electron chi connectivity index (χ4n) is 1.64. The van der Waals surface area contributed by atoms with Gasteiger partial charge in [-0.1, -0.05) is 6.07 Å². The first-order valence-corrected chi connectivity index (χ1v) is 5.71. The van der Waals surface area contributed by atoms with Crippen molar-refractivity contribution in [3.8, 4) is 0 Å². The molecule has 20 heavy (non-hydrogen) atoms. The Bertz CT molecular complexity index is 686. The number of carbonyl (C=O) groups is 1. The van der Waals surface area contributed by atoms with Crippen LogP contribution in [0.25, 0.3) is 0 Å². The van der Waals surface area contributed by atoms with Crippen LogP contribution in [0.3, 0.4) is 0 Å². The molecule has 0 unspecified atom stereocenters. The van der Waals surface area contributed by atoms with Gasteiger partial charge in [0.15, 0.2) is 5.82 Å². The molecule has 0 aliphatic carbocycles. The van der Waals surface area contributed by atoms with E-state index in [1.807, 2.05) is 0 Å². The smallest absolute Gasteiger partial charge is 0.261 e. The number of halogens is 3. The van der Waals surface area contributed by atoms with E-state index in [1.165, 1.54) is 12.1 Å². The van der Waals surface area contributed by atoms with E-state index in [0.717, 1.165) is 18.2 Å². The molecular formula is C14H11F3N2O. The van der Waals surface area contributed by atoms with Crippen LogP contribution in [0, 0.1) is 24.4 Å². The van der Waals surface area contributed by atoms with E-state index in [1.54, 1.807) is 6.92 Å². The summed E-state index contributed by atoms with van der Waals surface area (Å²) in [6.07, 6.45) is 0. The minimum atomic E-state index is -1.14. The Kier molecular flexibility index (Phi) is 3.65. The first-order valence-electron chi connectivity index (χ1n) is 5.71. The number of benzene rings is 2. The lowest BCUT2D eigenvalue weighted by molar-refractivity contribution is 0.101. The molecule has 3 N–H and O–H groups in total. The molecule has 104 valence electrons. The standard InChI is InChI=1S/C14H11F3N2O/c1-7-2-3-8(6-10(7)16)19-14(20)12-9(15)4-5-11(18)13(12)17/h2-6H,18H2,1H3,(H,19,20). The number of amides is 1. The number of carbonyl (C=O) groups excluding carboxylic acids is 1. The highest BCUT2D eigenvalue weighted by molar-refractivity contribution is 6.05. The Labute approximate surface area is 113 Å². The van der Waals surface area contributed by atoms with Crippen LogP contribution in [0.5, 0.6) is 0 Å². The number of anilines is 2. The maximum atomic E-state index is 13.7. The second-order valence-electron chi connectivity index (χ2n) is 4.24. The third kappa shape index (κ3) is 2.59. The lowest BCUT2D eigenvalue weighted by Crippen LogP contribution is -2.17. The predicted molar refractivity (Wildman–Crippen MR) is 69.9 cm³/mol. The summed E-state index contributed by atoms with van der Waals surface area (Å²) >= 11 is 0. The zero-order valence-corrected chi connectivity index (χ0v) is 10.5. The summed E-state index contributed by atoms with van der Waals surface area (Å²) < 4.78 is 40.5. The van der Waals surface area contributed by atoms with E-state index >= 15 is 0 Å². The zero-order valence-electron chi connectivity index (χ0n) is 10.5. The molecule has 0 atom stereocenters. The molecule has 0 heterocycles. The Morgan fingerprint density at radius 1 is 1.10 bits per heavy atom. The Morgan fingerprint density at radius 2 is 1.80 bits per heavy atom. The maximum absolute atomic E-state index is 13.7. The average molecular weight is 280 g/mol. The first kappa shape index (κ1) is 13.9. The molecule has 2 rings (SSSR count). The number of aryl methyl sites for hydroxylation is 1.